The molecule has 168 valence electrons. The highest BCUT2D eigenvalue weighted by Crippen LogP contribution is 2.31. The summed E-state index contributed by atoms with van der Waals surface area (Å²) in [5, 5.41) is 2.91. The van der Waals surface area contributed by atoms with Crippen molar-refractivity contribution in [3.63, 3.8) is 0 Å². The molecule has 1 aromatic rings. The molecule has 1 aromatic carbocycles. The molecule has 2 saturated heterocycles. The van der Waals surface area contributed by atoms with Crippen molar-refractivity contribution in [2.45, 2.75) is 31.0 Å². The van der Waals surface area contributed by atoms with Crippen molar-refractivity contribution in [3.8, 4) is 0 Å². The van der Waals surface area contributed by atoms with E-state index in [2.05, 4.69) is 10.2 Å². The van der Waals surface area contributed by atoms with E-state index in [4.69, 9.17) is 32.7 Å². The number of sulfonamides is 1. The minimum Gasteiger partial charge on any atom is -0.379 e. The van der Waals surface area contributed by atoms with Gasteiger partial charge in [0, 0.05) is 39.3 Å². The fourth-order valence-electron chi connectivity index (χ4n) is 3.72. The van der Waals surface area contributed by atoms with Crippen LogP contribution in [0.5, 0.6) is 0 Å². The second-order valence-corrected chi connectivity index (χ2v) is 10.3. The fraction of sp³-hybridized carbons (Fsp3) is 0.632. The molecule has 0 saturated carbocycles. The first-order chi connectivity index (χ1) is 14.2. The number of hydrogen-bond acceptors (Lipinski definition) is 6. The van der Waals surface area contributed by atoms with Crippen molar-refractivity contribution in [2.24, 2.45) is 0 Å². The molecular formula is C19H27Cl2N3O5S. The molecule has 0 aromatic heterocycles. The number of morpholine rings is 2. The molecule has 8 nitrogen and oxygen atoms in total. The second-order valence-electron chi connectivity index (χ2n) is 7.55. The van der Waals surface area contributed by atoms with E-state index in [1.807, 2.05) is 13.8 Å². The van der Waals surface area contributed by atoms with Gasteiger partial charge in [0.25, 0.3) is 5.91 Å². The Morgan fingerprint density at radius 2 is 1.77 bits per heavy atom. The highest BCUT2D eigenvalue weighted by molar-refractivity contribution is 7.89. The maximum absolute atomic E-state index is 13.0. The van der Waals surface area contributed by atoms with Gasteiger partial charge in [-0.1, -0.05) is 23.2 Å². The van der Waals surface area contributed by atoms with Crippen LogP contribution in [-0.4, -0.2) is 88.2 Å². The van der Waals surface area contributed by atoms with Crippen LogP contribution < -0.4 is 5.32 Å². The largest absolute Gasteiger partial charge is 0.379 e. The van der Waals surface area contributed by atoms with Crippen molar-refractivity contribution < 1.29 is 22.7 Å². The highest BCUT2D eigenvalue weighted by Gasteiger charge is 2.30. The summed E-state index contributed by atoms with van der Waals surface area (Å²) >= 11 is 12.4. The zero-order valence-electron chi connectivity index (χ0n) is 17.1. The van der Waals surface area contributed by atoms with Crippen molar-refractivity contribution in [2.75, 3.05) is 52.5 Å². The van der Waals surface area contributed by atoms with Crippen LogP contribution in [0.3, 0.4) is 0 Å². The van der Waals surface area contributed by atoms with Crippen LogP contribution in [0.25, 0.3) is 0 Å². The van der Waals surface area contributed by atoms with E-state index in [9.17, 15) is 13.2 Å². The number of ether oxygens (including phenoxy) is 2. The molecule has 2 unspecified atom stereocenters. The zero-order chi connectivity index (χ0) is 21.9. The summed E-state index contributed by atoms with van der Waals surface area (Å²) in [6, 6.07) is 2.56. The zero-order valence-corrected chi connectivity index (χ0v) is 19.4. The lowest BCUT2D eigenvalue weighted by Crippen LogP contribution is -2.47. The molecule has 2 atom stereocenters. The van der Waals surface area contributed by atoms with Gasteiger partial charge in [-0.05, 0) is 26.0 Å². The molecule has 3 rings (SSSR count). The van der Waals surface area contributed by atoms with Gasteiger partial charge in [-0.25, -0.2) is 8.42 Å². The summed E-state index contributed by atoms with van der Waals surface area (Å²) in [7, 11) is -3.85. The van der Waals surface area contributed by atoms with Crippen molar-refractivity contribution in [1.29, 1.82) is 0 Å². The predicted molar refractivity (Wildman–Crippen MR) is 115 cm³/mol. The van der Waals surface area contributed by atoms with E-state index < -0.39 is 15.9 Å². The lowest BCUT2D eigenvalue weighted by molar-refractivity contribution is -0.0672. The van der Waals surface area contributed by atoms with Crippen LogP contribution in [0.1, 0.15) is 24.2 Å². The molecule has 2 heterocycles. The van der Waals surface area contributed by atoms with Crippen LogP contribution in [0.2, 0.25) is 10.0 Å². The summed E-state index contributed by atoms with van der Waals surface area (Å²) in [5.74, 6) is -0.440. The van der Waals surface area contributed by atoms with Crippen molar-refractivity contribution >= 4 is 39.1 Å². The standard InChI is InChI=1S/C19H27Cl2N3O5S/c1-13-11-23(12-14(2)29-13)4-3-22-19(25)15-9-18(17(21)10-16(15)20)30(26,27)24-5-7-28-8-6-24/h9-10,13-14H,3-8,11-12H2,1-2H3,(H,22,25). The van der Waals surface area contributed by atoms with Crippen LogP contribution in [0.4, 0.5) is 0 Å². The van der Waals surface area contributed by atoms with Crippen LogP contribution in [-0.2, 0) is 19.5 Å². The van der Waals surface area contributed by atoms with Crippen LogP contribution >= 0.6 is 23.2 Å². The van der Waals surface area contributed by atoms with Gasteiger partial charge in [0.15, 0.2) is 0 Å². The van der Waals surface area contributed by atoms with Gasteiger partial charge in [0.2, 0.25) is 10.0 Å². The Kier molecular flexibility index (Phi) is 8.00. The number of rotatable bonds is 6. The normalized spacial score (nSPS) is 24.0. The van der Waals surface area contributed by atoms with Crippen LogP contribution in [0, 0.1) is 0 Å². The quantitative estimate of drug-likeness (QED) is 0.669. The maximum Gasteiger partial charge on any atom is 0.252 e. The molecular weight excluding hydrogens is 453 g/mol. The first-order valence-electron chi connectivity index (χ1n) is 9.91. The Morgan fingerprint density at radius 1 is 1.13 bits per heavy atom. The Morgan fingerprint density at radius 3 is 2.40 bits per heavy atom. The van der Waals surface area contributed by atoms with Crippen molar-refractivity contribution in [1.82, 2.24) is 14.5 Å². The molecule has 0 aliphatic carbocycles. The van der Waals surface area contributed by atoms with Crippen LogP contribution in [0.15, 0.2) is 17.0 Å². The van der Waals surface area contributed by atoms with Crippen molar-refractivity contribution in [3.05, 3.63) is 27.7 Å². The SMILES string of the molecule is CC1CN(CCNC(=O)c2cc(S(=O)(=O)N3CCOCC3)c(Cl)cc2Cl)CC(C)O1. The van der Waals surface area contributed by atoms with E-state index in [0.717, 1.165) is 13.1 Å². The minimum atomic E-state index is -3.85. The third-order valence-corrected chi connectivity index (χ3v) is 7.74. The Labute approximate surface area is 187 Å². The number of nitrogens with zero attached hydrogens (tertiary/aromatic N) is 2. The highest BCUT2D eigenvalue weighted by atomic mass is 35.5. The minimum absolute atomic E-state index is 0.0145. The van der Waals surface area contributed by atoms with Gasteiger partial charge in [-0.15, -0.1) is 0 Å². The Hall–Kier alpha value is -0.940. The van der Waals surface area contributed by atoms with E-state index in [0.29, 0.717) is 26.3 Å². The number of nitrogens with one attached hydrogen (secondary N) is 1. The molecule has 1 amide bonds. The topological polar surface area (TPSA) is 88.2 Å². The number of hydrogen-bond donors (Lipinski definition) is 1. The summed E-state index contributed by atoms with van der Waals surface area (Å²) in [5.41, 5.74) is 0.0802. The molecule has 11 heteroatoms. The first kappa shape index (κ1) is 23.7. The third kappa shape index (κ3) is 5.64. The monoisotopic (exact) mass is 479 g/mol. The van der Waals surface area contributed by atoms with E-state index in [-0.39, 0.29) is 45.8 Å². The number of benzene rings is 1. The second kappa shape index (κ2) is 10.1. The lowest BCUT2D eigenvalue weighted by Gasteiger charge is -2.35. The molecule has 2 fully saturated rings. The molecule has 30 heavy (non-hydrogen) atoms. The summed E-state index contributed by atoms with van der Waals surface area (Å²) in [4.78, 5) is 14.8. The molecule has 0 radical (unpaired) electrons. The number of carbonyl (C=O) groups is 1. The third-order valence-electron chi connectivity index (χ3n) is 5.06. The number of amides is 1. The van der Waals surface area contributed by atoms with Gasteiger partial charge < -0.3 is 14.8 Å². The average Bonchev–Trinajstić information content (AvgIpc) is 2.67. The van der Waals surface area contributed by atoms with Gasteiger partial charge in [-0.3, -0.25) is 9.69 Å². The van der Waals surface area contributed by atoms with E-state index >= 15 is 0 Å². The van der Waals surface area contributed by atoms with E-state index in [1.165, 1.54) is 16.4 Å². The number of carbonyl (C=O) groups excluding carboxylic acids is 1. The van der Waals surface area contributed by atoms with Gasteiger partial charge >= 0.3 is 0 Å². The fourth-order valence-corrected chi connectivity index (χ4v) is 5.96. The molecule has 2 aliphatic rings. The molecule has 0 spiro atoms. The first-order valence-corrected chi connectivity index (χ1v) is 12.1. The average molecular weight is 480 g/mol. The maximum atomic E-state index is 13.0. The Balaban J connectivity index is 1.69. The van der Waals surface area contributed by atoms with Gasteiger partial charge in [0.05, 0.1) is 41.0 Å². The van der Waals surface area contributed by atoms with E-state index in [1.54, 1.807) is 0 Å². The Bertz CT molecular complexity index is 867. The van der Waals surface area contributed by atoms with Gasteiger partial charge in [0.1, 0.15) is 4.90 Å². The summed E-state index contributed by atoms with van der Waals surface area (Å²) < 4.78 is 38.2. The van der Waals surface area contributed by atoms with Gasteiger partial charge in [-0.2, -0.15) is 4.31 Å². The summed E-state index contributed by atoms with van der Waals surface area (Å²) in [6.07, 6.45) is 0.284. The molecule has 0 bridgehead atoms. The summed E-state index contributed by atoms with van der Waals surface area (Å²) in [6.45, 7) is 7.80. The smallest absolute Gasteiger partial charge is 0.252 e. The number of halogens is 2. The molecule has 2 aliphatic heterocycles. The molecule has 1 N–H and O–H groups in total. The lowest BCUT2D eigenvalue weighted by atomic mass is 10.2. The predicted octanol–water partition coefficient (Wildman–Crippen LogP) is 1.85.